The van der Waals surface area contributed by atoms with E-state index in [9.17, 15) is 9.90 Å². The van der Waals surface area contributed by atoms with Gasteiger partial charge in [0.05, 0.1) is 10.2 Å². The number of aliphatic imine (C=N–C) groups is 1. The van der Waals surface area contributed by atoms with E-state index in [4.69, 9.17) is 4.99 Å². The van der Waals surface area contributed by atoms with Crippen LogP contribution < -0.4 is 5.32 Å². The van der Waals surface area contributed by atoms with Crippen LogP contribution in [0, 0.1) is 11.3 Å². The van der Waals surface area contributed by atoms with Crippen LogP contribution in [0.2, 0.25) is 0 Å². The molecule has 2 aliphatic carbocycles. The lowest BCUT2D eigenvalue weighted by molar-refractivity contribution is -0.120. The van der Waals surface area contributed by atoms with E-state index < -0.39 is 0 Å². The Kier molecular flexibility index (Phi) is 7.55. The monoisotopic (exact) mass is 602 g/mol. The van der Waals surface area contributed by atoms with Crippen molar-refractivity contribution in [1.82, 2.24) is 5.32 Å². The van der Waals surface area contributed by atoms with E-state index in [1.807, 2.05) is 12.1 Å². The number of phenols is 1. The number of aromatic hydroxyl groups is 1. The van der Waals surface area contributed by atoms with E-state index in [-0.39, 0.29) is 22.5 Å². The summed E-state index contributed by atoms with van der Waals surface area (Å²) in [6.45, 7) is 11.6. The second-order valence-electron chi connectivity index (χ2n) is 11.2. The zero-order valence-electron chi connectivity index (χ0n) is 21.3. The first-order chi connectivity index (χ1) is 16.4. The number of nitrogens with one attached hydrogen (secondary N) is 1. The molecular weight excluding hydrogens is 568 g/mol. The van der Waals surface area contributed by atoms with Gasteiger partial charge in [-0.15, -0.1) is 0 Å². The minimum absolute atomic E-state index is 0.0512. The fourth-order valence-corrected chi connectivity index (χ4v) is 7.85. The summed E-state index contributed by atoms with van der Waals surface area (Å²) in [7, 11) is 0. The largest absolute Gasteiger partial charge is 0.506 e. The Morgan fingerprint density at radius 2 is 1.97 bits per heavy atom. The van der Waals surface area contributed by atoms with Gasteiger partial charge in [-0.25, -0.2) is 0 Å². The molecule has 0 spiro atoms. The molecule has 2 aliphatic rings. The summed E-state index contributed by atoms with van der Waals surface area (Å²) in [6, 6.07) is 8.41. The third-order valence-electron chi connectivity index (χ3n) is 8.39. The van der Waals surface area contributed by atoms with Gasteiger partial charge in [0.2, 0.25) is 5.91 Å². The van der Waals surface area contributed by atoms with Crippen LogP contribution in [0.25, 0.3) is 0 Å². The average Bonchev–Trinajstić information content (AvgIpc) is 2.78. The van der Waals surface area contributed by atoms with Crippen LogP contribution in [0.15, 0.2) is 38.2 Å². The van der Waals surface area contributed by atoms with Gasteiger partial charge in [0.15, 0.2) is 0 Å². The molecule has 35 heavy (non-hydrogen) atoms. The molecule has 2 aromatic rings. The van der Waals surface area contributed by atoms with Crippen LogP contribution in [0.4, 0.5) is 5.69 Å². The second-order valence-corrected chi connectivity index (χ2v) is 13.0. The minimum Gasteiger partial charge on any atom is -0.506 e. The second kappa shape index (κ2) is 10.0. The molecule has 1 fully saturated rings. The van der Waals surface area contributed by atoms with Crippen LogP contribution in [0.5, 0.6) is 5.75 Å². The molecule has 0 saturated heterocycles. The Bertz CT molecular complexity index is 1180. The summed E-state index contributed by atoms with van der Waals surface area (Å²) in [4.78, 5) is 16.6. The molecule has 2 N–H and O–H groups in total. The molecule has 0 heterocycles. The molecule has 0 aromatic heterocycles. The highest BCUT2D eigenvalue weighted by atomic mass is 79.9. The summed E-state index contributed by atoms with van der Waals surface area (Å²) < 4.78 is 1.52. The van der Waals surface area contributed by atoms with Crippen LogP contribution in [0.1, 0.15) is 88.5 Å². The van der Waals surface area contributed by atoms with Gasteiger partial charge in [0.25, 0.3) is 0 Å². The lowest BCUT2D eigenvalue weighted by Gasteiger charge is -2.55. The van der Waals surface area contributed by atoms with E-state index >= 15 is 0 Å². The molecule has 1 amide bonds. The quantitative estimate of drug-likeness (QED) is 0.341. The van der Waals surface area contributed by atoms with Gasteiger partial charge >= 0.3 is 0 Å². The maximum absolute atomic E-state index is 11.7. The molecule has 3 atom stereocenters. The number of fused-ring (bicyclic) bond motifs is 3. The van der Waals surface area contributed by atoms with Crippen molar-refractivity contribution in [2.45, 2.75) is 78.1 Å². The van der Waals surface area contributed by atoms with Crippen LogP contribution >= 0.6 is 31.9 Å². The van der Waals surface area contributed by atoms with Crippen molar-refractivity contribution < 1.29 is 9.90 Å². The highest BCUT2D eigenvalue weighted by Gasteiger charge is 2.51. The lowest BCUT2D eigenvalue weighted by atomic mass is 9.49. The van der Waals surface area contributed by atoms with Crippen molar-refractivity contribution in [3.8, 4) is 5.75 Å². The normalized spacial score (nSPS) is 26.0. The average molecular weight is 604 g/mol. The smallest absolute Gasteiger partial charge is 0.216 e. The maximum atomic E-state index is 11.7. The van der Waals surface area contributed by atoms with Crippen molar-refractivity contribution in [3.63, 3.8) is 0 Å². The Morgan fingerprint density at radius 3 is 2.66 bits per heavy atom. The number of benzene rings is 2. The predicted octanol–water partition coefficient (Wildman–Crippen LogP) is 7.94. The molecule has 1 saturated carbocycles. The third-order valence-corrected chi connectivity index (χ3v) is 9.45. The fourth-order valence-electron chi connectivity index (χ4n) is 6.59. The number of hydrogen-bond acceptors (Lipinski definition) is 3. The van der Waals surface area contributed by atoms with Crippen molar-refractivity contribution >= 4 is 49.7 Å². The molecule has 4 rings (SSSR count). The summed E-state index contributed by atoms with van der Waals surface area (Å²) in [6.07, 6.45) is 7.45. The highest BCUT2D eigenvalue weighted by molar-refractivity contribution is 9.11. The zero-order valence-corrected chi connectivity index (χ0v) is 24.5. The number of hydrogen-bond donors (Lipinski definition) is 2. The number of phenolic OH excluding ortho intramolecular Hbond substituents is 1. The van der Waals surface area contributed by atoms with Crippen LogP contribution in [-0.4, -0.2) is 23.8 Å². The van der Waals surface area contributed by atoms with Gasteiger partial charge in [-0.3, -0.25) is 9.79 Å². The van der Waals surface area contributed by atoms with E-state index in [0.717, 1.165) is 48.8 Å². The van der Waals surface area contributed by atoms with Crippen molar-refractivity contribution in [2.75, 3.05) is 6.54 Å². The van der Waals surface area contributed by atoms with E-state index in [0.29, 0.717) is 21.9 Å². The number of rotatable bonds is 5. The Labute approximate surface area is 226 Å². The molecule has 2 aromatic carbocycles. The third kappa shape index (κ3) is 5.11. The lowest BCUT2D eigenvalue weighted by Crippen LogP contribution is -2.53. The van der Waals surface area contributed by atoms with Gasteiger partial charge < -0.3 is 10.4 Å². The molecule has 188 valence electrons. The van der Waals surface area contributed by atoms with Gasteiger partial charge in [-0.05, 0) is 99.2 Å². The van der Waals surface area contributed by atoms with Gasteiger partial charge in [-0.2, -0.15) is 0 Å². The van der Waals surface area contributed by atoms with Crippen molar-refractivity contribution in [2.24, 2.45) is 16.3 Å². The Balaban J connectivity index is 1.78. The van der Waals surface area contributed by atoms with Crippen LogP contribution in [0.3, 0.4) is 0 Å². The summed E-state index contributed by atoms with van der Waals surface area (Å²) in [5.74, 6) is 1.09. The zero-order chi connectivity index (χ0) is 25.5. The molecule has 0 unspecified atom stereocenters. The molecule has 0 radical (unpaired) electrons. The molecular formula is C29H36Br2N2O2. The van der Waals surface area contributed by atoms with Gasteiger partial charge in [0, 0.05) is 29.7 Å². The number of amides is 1. The predicted molar refractivity (Wildman–Crippen MR) is 151 cm³/mol. The van der Waals surface area contributed by atoms with E-state index in [1.54, 1.807) is 13.1 Å². The maximum Gasteiger partial charge on any atom is 0.216 e. The van der Waals surface area contributed by atoms with E-state index in [2.05, 4.69) is 77.0 Å². The highest BCUT2D eigenvalue weighted by Crippen LogP contribution is 2.57. The Hall–Kier alpha value is -1.66. The number of carbonyl (C=O) groups is 1. The molecule has 6 heteroatoms. The van der Waals surface area contributed by atoms with E-state index in [1.165, 1.54) is 16.7 Å². The first-order valence-corrected chi connectivity index (χ1v) is 14.2. The SMILES string of the molecule is CC(=O)NC[C@]1(C)CCC[C@]2(C)c3cc(N=Cc4cc(Br)cc(Br)c4O)c(C(C)C)cc3CC[C@@H]12. The first kappa shape index (κ1) is 26.4. The summed E-state index contributed by atoms with van der Waals surface area (Å²) in [5.41, 5.74) is 5.90. The van der Waals surface area contributed by atoms with Gasteiger partial charge in [0.1, 0.15) is 5.75 Å². The van der Waals surface area contributed by atoms with Gasteiger partial charge in [-0.1, -0.05) is 56.1 Å². The van der Waals surface area contributed by atoms with Crippen LogP contribution in [-0.2, 0) is 16.6 Å². The molecule has 4 nitrogen and oxygen atoms in total. The summed E-state index contributed by atoms with van der Waals surface area (Å²) in [5, 5.41) is 13.6. The van der Waals surface area contributed by atoms with Crippen molar-refractivity contribution in [1.29, 1.82) is 0 Å². The molecule has 0 aliphatic heterocycles. The minimum atomic E-state index is 0.0512. The fraction of sp³-hybridized carbons (Fsp3) is 0.517. The number of carbonyl (C=O) groups excluding carboxylic acids is 1. The molecule has 0 bridgehead atoms. The number of aryl methyl sites for hydroxylation is 1. The topological polar surface area (TPSA) is 61.7 Å². The number of halogens is 2. The Morgan fingerprint density at radius 1 is 1.23 bits per heavy atom. The number of nitrogens with zero attached hydrogens (tertiary/aromatic N) is 1. The summed E-state index contributed by atoms with van der Waals surface area (Å²) >= 11 is 6.93. The first-order valence-electron chi connectivity index (χ1n) is 12.6. The standard InChI is InChI=1S/C29H36Br2N2O2/c1-17(2)22-12-19-7-8-26-28(4,16-33-18(3)34)9-6-10-29(26,5)23(19)14-25(22)32-15-20-11-21(30)13-24(31)27(20)35/h11-15,17,26,35H,6-10,16H2,1-5H3,(H,33,34)/t26-,28-,29+/m0/s1. The van der Waals surface area contributed by atoms with Crippen molar-refractivity contribution in [3.05, 3.63) is 55.5 Å².